The molecule has 0 atom stereocenters. The fourth-order valence-electron chi connectivity index (χ4n) is 1.34. The van der Waals surface area contributed by atoms with Gasteiger partial charge in [-0.05, 0) is 23.7 Å². The number of hydrogen-bond acceptors (Lipinski definition) is 4. The number of aromatic amines is 1. The lowest BCUT2D eigenvalue weighted by Crippen LogP contribution is -2.14. The van der Waals surface area contributed by atoms with Crippen molar-refractivity contribution in [1.82, 2.24) is 15.0 Å². The third-order valence-electron chi connectivity index (χ3n) is 2.25. The lowest BCUT2D eigenvalue weighted by molar-refractivity contribution is 0.102. The SMILES string of the molecule is CN(C)c1ccc(NC(=O)c2cnc(Cl)[nH]2)cn1. The lowest BCUT2D eigenvalue weighted by Gasteiger charge is -2.11. The largest absolute Gasteiger partial charge is 0.363 e. The van der Waals surface area contributed by atoms with Gasteiger partial charge in [0.05, 0.1) is 18.1 Å². The maximum Gasteiger partial charge on any atom is 0.273 e. The normalized spacial score (nSPS) is 10.2. The summed E-state index contributed by atoms with van der Waals surface area (Å²) in [4.78, 5) is 24.2. The molecule has 0 radical (unpaired) electrons. The summed E-state index contributed by atoms with van der Waals surface area (Å²) in [5.41, 5.74) is 0.910. The summed E-state index contributed by atoms with van der Waals surface area (Å²) in [7, 11) is 3.79. The van der Waals surface area contributed by atoms with Gasteiger partial charge in [-0.3, -0.25) is 4.79 Å². The molecule has 6 nitrogen and oxygen atoms in total. The summed E-state index contributed by atoms with van der Waals surface area (Å²) in [6.07, 6.45) is 2.96. The Morgan fingerprint density at radius 3 is 2.61 bits per heavy atom. The molecule has 0 saturated carbocycles. The van der Waals surface area contributed by atoms with Crippen molar-refractivity contribution in [3.63, 3.8) is 0 Å². The van der Waals surface area contributed by atoms with Crippen LogP contribution in [-0.4, -0.2) is 35.0 Å². The molecule has 0 saturated heterocycles. The van der Waals surface area contributed by atoms with E-state index < -0.39 is 0 Å². The average molecular weight is 266 g/mol. The van der Waals surface area contributed by atoms with Crippen molar-refractivity contribution in [2.24, 2.45) is 0 Å². The van der Waals surface area contributed by atoms with Gasteiger partial charge in [-0.1, -0.05) is 0 Å². The lowest BCUT2D eigenvalue weighted by atomic mass is 10.3. The number of anilines is 2. The first kappa shape index (κ1) is 12.4. The van der Waals surface area contributed by atoms with Crippen molar-refractivity contribution >= 4 is 29.0 Å². The van der Waals surface area contributed by atoms with Gasteiger partial charge >= 0.3 is 0 Å². The first-order valence-electron chi connectivity index (χ1n) is 5.21. The standard InChI is InChI=1S/C11H12ClN5O/c1-17(2)9-4-3-7(5-13-9)15-10(18)8-6-14-11(12)16-8/h3-6H,1-2H3,(H,14,16)(H,15,18). The molecule has 0 aliphatic heterocycles. The molecule has 2 heterocycles. The number of rotatable bonds is 3. The third kappa shape index (κ3) is 2.78. The Morgan fingerprint density at radius 2 is 2.11 bits per heavy atom. The molecule has 2 aromatic heterocycles. The number of nitrogens with one attached hydrogen (secondary N) is 2. The fraction of sp³-hybridized carbons (Fsp3) is 0.182. The van der Waals surface area contributed by atoms with Gasteiger partial charge in [0, 0.05) is 14.1 Å². The number of H-pyrrole nitrogens is 1. The van der Waals surface area contributed by atoms with E-state index in [2.05, 4.69) is 20.3 Å². The van der Waals surface area contributed by atoms with Crippen molar-refractivity contribution in [1.29, 1.82) is 0 Å². The summed E-state index contributed by atoms with van der Waals surface area (Å²) < 4.78 is 0. The van der Waals surface area contributed by atoms with E-state index in [4.69, 9.17) is 11.6 Å². The molecule has 0 bridgehead atoms. The second kappa shape index (κ2) is 5.05. The molecule has 0 fully saturated rings. The number of carbonyl (C=O) groups excluding carboxylic acids is 1. The number of imidazole rings is 1. The van der Waals surface area contributed by atoms with Crippen LogP contribution in [0.1, 0.15) is 10.5 Å². The molecular weight excluding hydrogens is 254 g/mol. The van der Waals surface area contributed by atoms with E-state index in [1.165, 1.54) is 6.20 Å². The zero-order chi connectivity index (χ0) is 13.1. The molecule has 2 N–H and O–H groups in total. The van der Waals surface area contributed by atoms with Crippen LogP contribution in [0.2, 0.25) is 5.28 Å². The maximum absolute atomic E-state index is 11.8. The molecule has 2 rings (SSSR count). The van der Waals surface area contributed by atoms with Crippen molar-refractivity contribution in [2.75, 3.05) is 24.3 Å². The van der Waals surface area contributed by atoms with Crippen LogP contribution in [0.15, 0.2) is 24.5 Å². The minimum absolute atomic E-state index is 0.182. The van der Waals surface area contributed by atoms with Crippen molar-refractivity contribution < 1.29 is 4.79 Å². The Kier molecular flexibility index (Phi) is 3.47. The number of hydrogen-bond donors (Lipinski definition) is 2. The minimum Gasteiger partial charge on any atom is -0.363 e. The number of carbonyl (C=O) groups is 1. The van der Waals surface area contributed by atoms with Gasteiger partial charge in [0.2, 0.25) is 5.28 Å². The number of aromatic nitrogens is 3. The van der Waals surface area contributed by atoms with Crippen molar-refractivity contribution in [2.45, 2.75) is 0 Å². The first-order valence-corrected chi connectivity index (χ1v) is 5.59. The summed E-state index contributed by atoms with van der Waals surface area (Å²) in [6, 6.07) is 3.59. The molecule has 0 aromatic carbocycles. The molecule has 0 spiro atoms. The summed E-state index contributed by atoms with van der Waals surface area (Å²) >= 11 is 5.60. The summed E-state index contributed by atoms with van der Waals surface area (Å²) in [6.45, 7) is 0. The van der Waals surface area contributed by atoms with Crippen LogP contribution in [0, 0.1) is 0 Å². The zero-order valence-electron chi connectivity index (χ0n) is 9.94. The average Bonchev–Trinajstić information content (AvgIpc) is 2.76. The summed E-state index contributed by atoms with van der Waals surface area (Å²) in [5.74, 6) is 0.506. The highest BCUT2D eigenvalue weighted by Crippen LogP contribution is 2.13. The maximum atomic E-state index is 11.8. The van der Waals surface area contributed by atoms with E-state index >= 15 is 0 Å². The Bertz CT molecular complexity index is 549. The first-order chi connectivity index (χ1) is 8.56. The topological polar surface area (TPSA) is 73.9 Å². The van der Waals surface area contributed by atoms with Gasteiger partial charge in [0.25, 0.3) is 5.91 Å². The van der Waals surface area contributed by atoms with Crippen LogP contribution < -0.4 is 10.2 Å². The van der Waals surface area contributed by atoms with E-state index in [1.54, 1.807) is 12.3 Å². The molecule has 94 valence electrons. The molecule has 18 heavy (non-hydrogen) atoms. The fourth-order valence-corrected chi connectivity index (χ4v) is 1.49. The Hall–Kier alpha value is -2.08. The predicted molar refractivity (Wildman–Crippen MR) is 70.1 cm³/mol. The number of amides is 1. The Balaban J connectivity index is 2.07. The number of nitrogens with zero attached hydrogens (tertiary/aromatic N) is 3. The Morgan fingerprint density at radius 1 is 1.33 bits per heavy atom. The van der Waals surface area contributed by atoms with Gasteiger partial charge in [-0.15, -0.1) is 0 Å². The minimum atomic E-state index is -0.311. The van der Waals surface area contributed by atoms with Crippen molar-refractivity contribution in [3.8, 4) is 0 Å². The molecule has 0 unspecified atom stereocenters. The van der Waals surface area contributed by atoms with Gasteiger partial charge < -0.3 is 15.2 Å². The highest BCUT2D eigenvalue weighted by atomic mass is 35.5. The van der Waals surface area contributed by atoms with Crippen LogP contribution in [0.25, 0.3) is 0 Å². The Labute approximate surface area is 109 Å². The smallest absolute Gasteiger partial charge is 0.273 e. The molecule has 1 amide bonds. The molecule has 2 aromatic rings. The van der Waals surface area contributed by atoms with Crippen LogP contribution in [0.5, 0.6) is 0 Å². The molecule has 0 aliphatic carbocycles. The van der Waals surface area contributed by atoms with Crippen LogP contribution in [0.3, 0.4) is 0 Å². The highest BCUT2D eigenvalue weighted by molar-refractivity contribution is 6.28. The van der Waals surface area contributed by atoms with Crippen molar-refractivity contribution in [3.05, 3.63) is 35.5 Å². The highest BCUT2D eigenvalue weighted by Gasteiger charge is 2.09. The summed E-state index contributed by atoms with van der Waals surface area (Å²) in [5, 5.41) is 2.87. The molecule has 7 heteroatoms. The molecule has 0 aliphatic rings. The van der Waals surface area contributed by atoms with Crippen LogP contribution >= 0.6 is 11.6 Å². The van der Waals surface area contributed by atoms with E-state index in [0.29, 0.717) is 11.4 Å². The van der Waals surface area contributed by atoms with Crippen LogP contribution in [-0.2, 0) is 0 Å². The van der Waals surface area contributed by atoms with E-state index in [0.717, 1.165) is 5.82 Å². The van der Waals surface area contributed by atoms with E-state index in [-0.39, 0.29) is 11.2 Å². The van der Waals surface area contributed by atoms with Crippen LogP contribution in [0.4, 0.5) is 11.5 Å². The van der Waals surface area contributed by atoms with Gasteiger partial charge in [0.15, 0.2) is 0 Å². The van der Waals surface area contributed by atoms with E-state index in [1.807, 2.05) is 25.1 Å². The van der Waals surface area contributed by atoms with Gasteiger partial charge in [0.1, 0.15) is 11.5 Å². The van der Waals surface area contributed by atoms with Gasteiger partial charge in [-0.25, -0.2) is 9.97 Å². The molecular formula is C11H12ClN5O. The third-order valence-corrected chi connectivity index (χ3v) is 2.45. The predicted octanol–water partition coefficient (Wildman–Crippen LogP) is 1.78. The quantitative estimate of drug-likeness (QED) is 0.887. The van der Waals surface area contributed by atoms with Gasteiger partial charge in [-0.2, -0.15) is 0 Å². The second-order valence-corrected chi connectivity index (χ2v) is 4.20. The number of halogens is 1. The second-order valence-electron chi connectivity index (χ2n) is 3.84. The van der Waals surface area contributed by atoms with E-state index in [9.17, 15) is 4.79 Å². The zero-order valence-corrected chi connectivity index (χ0v) is 10.7. The monoisotopic (exact) mass is 265 g/mol. The number of pyridine rings is 1.